The summed E-state index contributed by atoms with van der Waals surface area (Å²) in [6, 6.07) is 7.93. The fourth-order valence-electron chi connectivity index (χ4n) is 2.52. The molecule has 1 aromatic carbocycles. The Balaban J connectivity index is 1.34. The SMILES string of the molecule is Cn1c(SCC(=O)Nc2nc(-c3ccc(Br)cc3)cs2)nnc1C1CC1. The Kier molecular flexibility index (Phi) is 5.10. The monoisotopic (exact) mass is 449 g/mol. The van der Waals surface area contributed by atoms with Crippen molar-refractivity contribution in [2.75, 3.05) is 11.1 Å². The summed E-state index contributed by atoms with van der Waals surface area (Å²) in [5, 5.41) is 14.6. The lowest BCUT2D eigenvalue weighted by atomic mass is 10.2. The molecule has 1 aliphatic carbocycles. The van der Waals surface area contributed by atoms with E-state index in [1.54, 1.807) is 0 Å². The number of anilines is 1. The van der Waals surface area contributed by atoms with Crippen LogP contribution in [0, 0.1) is 0 Å². The van der Waals surface area contributed by atoms with Crippen LogP contribution in [0.1, 0.15) is 24.6 Å². The highest BCUT2D eigenvalue weighted by Gasteiger charge is 2.29. The van der Waals surface area contributed by atoms with Crippen molar-refractivity contribution in [1.29, 1.82) is 0 Å². The number of amides is 1. The largest absolute Gasteiger partial charge is 0.309 e. The molecule has 1 aliphatic rings. The summed E-state index contributed by atoms with van der Waals surface area (Å²) in [4.78, 5) is 16.7. The smallest absolute Gasteiger partial charge is 0.236 e. The van der Waals surface area contributed by atoms with E-state index in [4.69, 9.17) is 0 Å². The molecule has 2 aromatic heterocycles. The number of thioether (sulfide) groups is 1. The molecule has 0 radical (unpaired) electrons. The van der Waals surface area contributed by atoms with E-state index in [0.717, 1.165) is 26.7 Å². The van der Waals surface area contributed by atoms with Gasteiger partial charge in [-0.05, 0) is 25.0 Å². The van der Waals surface area contributed by atoms with Gasteiger partial charge in [0.15, 0.2) is 10.3 Å². The number of hydrogen-bond acceptors (Lipinski definition) is 6. The molecule has 134 valence electrons. The molecule has 0 saturated heterocycles. The van der Waals surface area contributed by atoms with Crippen molar-refractivity contribution >= 4 is 50.1 Å². The van der Waals surface area contributed by atoms with Crippen LogP contribution in [-0.2, 0) is 11.8 Å². The van der Waals surface area contributed by atoms with Crippen LogP contribution in [-0.4, -0.2) is 31.4 Å². The molecule has 2 heterocycles. The van der Waals surface area contributed by atoms with Crippen LogP contribution in [0.3, 0.4) is 0 Å². The summed E-state index contributed by atoms with van der Waals surface area (Å²) in [5.41, 5.74) is 1.87. The molecule has 3 aromatic rings. The molecule has 0 spiro atoms. The molecule has 26 heavy (non-hydrogen) atoms. The topological polar surface area (TPSA) is 72.7 Å². The first-order valence-corrected chi connectivity index (χ1v) is 10.8. The van der Waals surface area contributed by atoms with Crippen LogP contribution in [0.4, 0.5) is 5.13 Å². The van der Waals surface area contributed by atoms with Gasteiger partial charge in [-0.15, -0.1) is 21.5 Å². The van der Waals surface area contributed by atoms with E-state index in [0.29, 0.717) is 11.0 Å². The van der Waals surface area contributed by atoms with Crippen LogP contribution in [0.5, 0.6) is 0 Å². The average molecular weight is 450 g/mol. The Morgan fingerprint density at radius 3 is 2.85 bits per heavy atom. The van der Waals surface area contributed by atoms with Gasteiger partial charge in [-0.1, -0.05) is 39.8 Å². The molecule has 4 rings (SSSR count). The normalized spacial score (nSPS) is 13.8. The second kappa shape index (κ2) is 7.50. The third kappa shape index (κ3) is 3.99. The Morgan fingerprint density at radius 2 is 2.12 bits per heavy atom. The van der Waals surface area contributed by atoms with Gasteiger partial charge in [0.2, 0.25) is 5.91 Å². The van der Waals surface area contributed by atoms with Crippen molar-refractivity contribution in [2.45, 2.75) is 23.9 Å². The van der Waals surface area contributed by atoms with Crippen molar-refractivity contribution in [2.24, 2.45) is 7.05 Å². The van der Waals surface area contributed by atoms with Crippen LogP contribution >= 0.6 is 39.0 Å². The van der Waals surface area contributed by atoms with Gasteiger partial charge in [0.1, 0.15) is 5.82 Å². The lowest BCUT2D eigenvalue weighted by Gasteiger charge is -2.03. The van der Waals surface area contributed by atoms with Gasteiger partial charge in [0.25, 0.3) is 0 Å². The average Bonchev–Trinajstić information content (AvgIpc) is 3.25. The highest BCUT2D eigenvalue weighted by molar-refractivity contribution is 9.10. The number of nitrogens with one attached hydrogen (secondary N) is 1. The predicted octanol–water partition coefficient (Wildman–Crippen LogP) is 4.31. The number of carbonyl (C=O) groups is 1. The Labute approximate surface area is 167 Å². The highest BCUT2D eigenvalue weighted by atomic mass is 79.9. The number of rotatable bonds is 6. The first-order valence-electron chi connectivity index (χ1n) is 8.13. The van der Waals surface area contributed by atoms with Gasteiger partial charge in [0, 0.05) is 28.4 Å². The van der Waals surface area contributed by atoms with E-state index in [9.17, 15) is 4.79 Å². The second-order valence-electron chi connectivity index (χ2n) is 6.06. The number of nitrogens with zero attached hydrogens (tertiary/aromatic N) is 4. The quantitative estimate of drug-likeness (QED) is 0.567. The van der Waals surface area contributed by atoms with Gasteiger partial charge < -0.3 is 9.88 Å². The maximum atomic E-state index is 12.2. The van der Waals surface area contributed by atoms with Crippen LogP contribution < -0.4 is 5.32 Å². The lowest BCUT2D eigenvalue weighted by molar-refractivity contribution is -0.113. The van der Waals surface area contributed by atoms with E-state index in [2.05, 4.69) is 36.4 Å². The summed E-state index contributed by atoms with van der Waals surface area (Å²) in [7, 11) is 1.96. The van der Waals surface area contributed by atoms with Crippen molar-refractivity contribution in [1.82, 2.24) is 19.7 Å². The number of carbonyl (C=O) groups excluding carboxylic acids is 1. The van der Waals surface area contributed by atoms with Crippen molar-refractivity contribution < 1.29 is 4.79 Å². The number of halogens is 1. The van der Waals surface area contributed by atoms with Gasteiger partial charge >= 0.3 is 0 Å². The van der Waals surface area contributed by atoms with Crippen LogP contribution in [0.2, 0.25) is 0 Å². The van der Waals surface area contributed by atoms with E-state index in [1.165, 1.54) is 35.9 Å². The minimum Gasteiger partial charge on any atom is -0.309 e. The third-order valence-electron chi connectivity index (χ3n) is 4.03. The first kappa shape index (κ1) is 17.7. The minimum absolute atomic E-state index is 0.0947. The molecule has 9 heteroatoms. The fourth-order valence-corrected chi connectivity index (χ4v) is 4.24. The second-order valence-corrected chi connectivity index (χ2v) is 8.77. The van der Waals surface area contributed by atoms with E-state index in [-0.39, 0.29) is 11.7 Å². The number of thiazole rings is 1. The molecule has 0 unspecified atom stereocenters. The molecule has 1 fully saturated rings. The number of aromatic nitrogens is 4. The molecule has 6 nitrogen and oxygen atoms in total. The Bertz CT molecular complexity index is 933. The maximum absolute atomic E-state index is 12.2. The van der Waals surface area contributed by atoms with Crippen molar-refractivity contribution in [3.63, 3.8) is 0 Å². The summed E-state index contributed by atoms with van der Waals surface area (Å²) in [5.74, 6) is 1.75. The van der Waals surface area contributed by atoms with Crippen molar-refractivity contribution in [3.05, 3.63) is 39.9 Å². The van der Waals surface area contributed by atoms with Gasteiger partial charge in [0.05, 0.1) is 11.4 Å². The molecule has 0 atom stereocenters. The summed E-state index contributed by atoms with van der Waals surface area (Å²) in [6.45, 7) is 0. The summed E-state index contributed by atoms with van der Waals surface area (Å²) < 4.78 is 3.01. The summed E-state index contributed by atoms with van der Waals surface area (Å²) in [6.07, 6.45) is 2.36. The van der Waals surface area contributed by atoms with Gasteiger partial charge in [-0.3, -0.25) is 4.79 Å². The Morgan fingerprint density at radius 1 is 1.35 bits per heavy atom. The standard InChI is InChI=1S/C17H16BrN5OS2/c1-23-15(11-2-3-11)21-22-17(23)26-9-14(24)20-16-19-13(8-25-16)10-4-6-12(18)7-5-10/h4-8,11H,2-3,9H2,1H3,(H,19,20,24). The Hall–Kier alpha value is -1.71. The lowest BCUT2D eigenvalue weighted by Crippen LogP contribution is -2.14. The van der Waals surface area contributed by atoms with E-state index < -0.39 is 0 Å². The maximum Gasteiger partial charge on any atom is 0.236 e. The van der Waals surface area contributed by atoms with Gasteiger partial charge in [-0.25, -0.2) is 4.98 Å². The minimum atomic E-state index is -0.0947. The van der Waals surface area contributed by atoms with E-state index >= 15 is 0 Å². The number of benzene rings is 1. The third-order valence-corrected chi connectivity index (χ3v) is 6.34. The van der Waals surface area contributed by atoms with Crippen LogP contribution in [0.15, 0.2) is 39.3 Å². The number of hydrogen-bond donors (Lipinski definition) is 1. The molecule has 0 bridgehead atoms. The summed E-state index contributed by atoms with van der Waals surface area (Å²) >= 11 is 6.24. The first-order chi connectivity index (χ1) is 12.6. The van der Waals surface area contributed by atoms with Crippen molar-refractivity contribution in [3.8, 4) is 11.3 Å². The zero-order valence-electron chi connectivity index (χ0n) is 14.0. The molecule has 1 amide bonds. The fraction of sp³-hybridized carbons (Fsp3) is 0.294. The van der Waals surface area contributed by atoms with E-state index in [1.807, 2.05) is 41.3 Å². The molecular formula is C17H16BrN5OS2. The molecule has 1 saturated carbocycles. The van der Waals surface area contributed by atoms with Crippen LogP contribution in [0.25, 0.3) is 11.3 Å². The van der Waals surface area contributed by atoms with Gasteiger partial charge in [-0.2, -0.15) is 0 Å². The molecular weight excluding hydrogens is 434 g/mol. The zero-order valence-corrected chi connectivity index (χ0v) is 17.2. The predicted molar refractivity (Wildman–Crippen MR) is 108 cm³/mol. The zero-order chi connectivity index (χ0) is 18.1. The highest BCUT2D eigenvalue weighted by Crippen LogP contribution is 2.39. The molecule has 0 aliphatic heterocycles. The molecule has 1 N–H and O–H groups in total.